The highest BCUT2D eigenvalue weighted by atomic mass is 19.4. The summed E-state index contributed by atoms with van der Waals surface area (Å²) in [6.45, 7) is 3.04. The fourth-order valence-electron chi connectivity index (χ4n) is 1.90. The molecule has 1 aromatic rings. The van der Waals surface area contributed by atoms with Gasteiger partial charge in [-0.05, 0) is 30.7 Å². The number of aryl methyl sites for hydroxylation is 1. The fourth-order valence-corrected chi connectivity index (χ4v) is 1.90. The molecule has 0 saturated carbocycles. The highest BCUT2D eigenvalue weighted by Crippen LogP contribution is 2.44. The van der Waals surface area contributed by atoms with E-state index in [2.05, 4.69) is 5.32 Å². The van der Waals surface area contributed by atoms with E-state index in [0.717, 1.165) is 0 Å². The van der Waals surface area contributed by atoms with E-state index in [1.54, 1.807) is 6.92 Å². The van der Waals surface area contributed by atoms with Crippen LogP contribution < -0.4 is 10.1 Å². The van der Waals surface area contributed by atoms with E-state index < -0.39 is 18.1 Å². The van der Waals surface area contributed by atoms with Crippen LogP contribution in [0.2, 0.25) is 0 Å². The van der Waals surface area contributed by atoms with Crippen LogP contribution in [0.1, 0.15) is 24.1 Å². The Balaban J connectivity index is 3.24. The zero-order chi connectivity index (χ0) is 15.6. The number of ether oxygens (including phenoxy) is 1. The topological polar surface area (TPSA) is 21.3 Å². The molecule has 1 N–H and O–H groups in total. The molecule has 0 aromatic heterocycles. The molecule has 0 spiro atoms. The average Bonchev–Trinajstić information content (AvgIpc) is 2.34. The van der Waals surface area contributed by atoms with E-state index in [4.69, 9.17) is 4.74 Å². The minimum atomic E-state index is -5.62. The van der Waals surface area contributed by atoms with Gasteiger partial charge in [-0.3, -0.25) is 0 Å². The van der Waals surface area contributed by atoms with E-state index in [1.165, 1.54) is 32.2 Å². The zero-order valence-corrected chi connectivity index (χ0v) is 11.3. The average molecular weight is 297 g/mol. The standard InChI is InChI=1S/C13H16F5NO/c1-4-19-11(12(14,15)13(16,17)18)9-5-6-10(20-3)8(2)7-9/h5-7,11,19H,4H2,1-3H3. The van der Waals surface area contributed by atoms with Crippen LogP contribution in [0.3, 0.4) is 0 Å². The van der Waals surface area contributed by atoms with Crippen molar-refractivity contribution in [2.24, 2.45) is 0 Å². The maximum absolute atomic E-state index is 13.6. The summed E-state index contributed by atoms with van der Waals surface area (Å²) in [4.78, 5) is 0. The molecule has 0 heterocycles. The zero-order valence-electron chi connectivity index (χ0n) is 11.3. The number of alkyl halides is 5. The summed E-state index contributed by atoms with van der Waals surface area (Å²) in [5.41, 5.74) is 0.360. The monoisotopic (exact) mass is 297 g/mol. The molecule has 0 amide bonds. The molecule has 1 rings (SSSR count). The lowest BCUT2D eigenvalue weighted by Crippen LogP contribution is -2.48. The van der Waals surface area contributed by atoms with Crippen molar-refractivity contribution in [1.29, 1.82) is 0 Å². The Hall–Kier alpha value is -1.37. The Labute approximate surface area is 113 Å². The normalized spacial score (nSPS) is 14.2. The minimum absolute atomic E-state index is 0.0125. The van der Waals surface area contributed by atoms with Crippen molar-refractivity contribution in [3.63, 3.8) is 0 Å². The Morgan fingerprint density at radius 3 is 2.20 bits per heavy atom. The quantitative estimate of drug-likeness (QED) is 0.833. The molecular formula is C13H16F5NO. The van der Waals surface area contributed by atoms with Crippen molar-refractivity contribution in [1.82, 2.24) is 5.32 Å². The summed E-state index contributed by atoms with van der Waals surface area (Å²) >= 11 is 0. The van der Waals surface area contributed by atoms with Crippen LogP contribution in [0.15, 0.2) is 18.2 Å². The first-order valence-electron chi connectivity index (χ1n) is 5.97. The van der Waals surface area contributed by atoms with E-state index in [9.17, 15) is 22.0 Å². The van der Waals surface area contributed by atoms with Crippen molar-refractivity contribution in [3.8, 4) is 5.75 Å². The van der Waals surface area contributed by atoms with E-state index in [0.29, 0.717) is 11.3 Å². The molecule has 0 fully saturated rings. The van der Waals surface area contributed by atoms with Gasteiger partial charge in [0.25, 0.3) is 0 Å². The second-order valence-electron chi connectivity index (χ2n) is 4.34. The SMILES string of the molecule is CCNC(c1ccc(OC)c(C)c1)C(F)(F)C(F)(F)F. The number of nitrogens with one attached hydrogen (secondary N) is 1. The van der Waals surface area contributed by atoms with Crippen molar-refractivity contribution in [2.45, 2.75) is 32.0 Å². The third-order valence-corrected chi connectivity index (χ3v) is 2.90. The van der Waals surface area contributed by atoms with Gasteiger partial charge < -0.3 is 10.1 Å². The Morgan fingerprint density at radius 2 is 1.80 bits per heavy atom. The van der Waals surface area contributed by atoms with Crippen molar-refractivity contribution >= 4 is 0 Å². The van der Waals surface area contributed by atoms with E-state index >= 15 is 0 Å². The number of benzene rings is 1. The van der Waals surface area contributed by atoms with Gasteiger partial charge in [-0.15, -0.1) is 0 Å². The van der Waals surface area contributed by atoms with Gasteiger partial charge >= 0.3 is 12.1 Å². The molecule has 1 aromatic carbocycles. The summed E-state index contributed by atoms with van der Waals surface area (Å²) < 4.78 is 69.7. The molecule has 114 valence electrons. The lowest BCUT2D eigenvalue weighted by molar-refractivity contribution is -0.294. The van der Waals surface area contributed by atoms with Crippen LogP contribution in [0.5, 0.6) is 5.75 Å². The van der Waals surface area contributed by atoms with Crippen molar-refractivity contribution in [3.05, 3.63) is 29.3 Å². The summed E-state index contributed by atoms with van der Waals surface area (Å²) in [7, 11) is 1.40. The number of halogens is 5. The molecule has 7 heteroatoms. The predicted molar refractivity (Wildman–Crippen MR) is 65.2 cm³/mol. The molecule has 2 nitrogen and oxygen atoms in total. The second kappa shape index (κ2) is 5.95. The molecular weight excluding hydrogens is 281 g/mol. The maximum Gasteiger partial charge on any atom is 0.455 e. The Morgan fingerprint density at radius 1 is 1.20 bits per heavy atom. The van der Waals surface area contributed by atoms with Gasteiger partial charge in [0.1, 0.15) is 11.8 Å². The molecule has 1 unspecified atom stereocenters. The fraction of sp³-hybridized carbons (Fsp3) is 0.538. The molecule has 0 saturated heterocycles. The number of hydrogen-bond acceptors (Lipinski definition) is 2. The molecule has 0 aliphatic carbocycles. The van der Waals surface area contributed by atoms with Crippen LogP contribution in [-0.4, -0.2) is 25.8 Å². The lowest BCUT2D eigenvalue weighted by atomic mass is 9.98. The first-order chi connectivity index (χ1) is 9.15. The Bertz CT molecular complexity index is 459. The largest absolute Gasteiger partial charge is 0.496 e. The molecule has 0 radical (unpaired) electrons. The van der Waals surface area contributed by atoms with Crippen molar-refractivity contribution < 1.29 is 26.7 Å². The van der Waals surface area contributed by atoms with Gasteiger partial charge in [-0.25, -0.2) is 0 Å². The van der Waals surface area contributed by atoms with Gasteiger partial charge in [-0.1, -0.05) is 19.1 Å². The summed E-state index contributed by atoms with van der Waals surface area (Å²) in [6, 6.07) is 1.73. The number of rotatable bonds is 5. The van der Waals surface area contributed by atoms with Crippen LogP contribution in [0.4, 0.5) is 22.0 Å². The van der Waals surface area contributed by atoms with Gasteiger partial charge in [0.15, 0.2) is 0 Å². The first-order valence-corrected chi connectivity index (χ1v) is 5.97. The molecule has 20 heavy (non-hydrogen) atoms. The minimum Gasteiger partial charge on any atom is -0.496 e. The van der Waals surface area contributed by atoms with Gasteiger partial charge in [0, 0.05) is 0 Å². The van der Waals surface area contributed by atoms with Crippen LogP contribution >= 0.6 is 0 Å². The predicted octanol–water partition coefficient (Wildman–Crippen LogP) is 3.85. The van der Waals surface area contributed by atoms with Gasteiger partial charge in [0.2, 0.25) is 0 Å². The third kappa shape index (κ3) is 3.20. The molecule has 0 aliphatic heterocycles. The van der Waals surface area contributed by atoms with Gasteiger partial charge in [-0.2, -0.15) is 22.0 Å². The molecule has 0 bridgehead atoms. The van der Waals surface area contributed by atoms with Crippen LogP contribution in [-0.2, 0) is 0 Å². The summed E-state index contributed by atoms with van der Waals surface area (Å²) in [6.07, 6.45) is -5.62. The van der Waals surface area contributed by atoms with Crippen LogP contribution in [0, 0.1) is 6.92 Å². The maximum atomic E-state index is 13.6. The van der Waals surface area contributed by atoms with E-state index in [1.807, 2.05) is 0 Å². The summed E-state index contributed by atoms with van der Waals surface area (Å²) in [5, 5.41) is 2.20. The first kappa shape index (κ1) is 16.7. The van der Waals surface area contributed by atoms with Crippen LogP contribution in [0.25, 0.3) is 0 Å². The van der Waals surface area contributed by atoms with E-state index in [-0.39, 0.29) is 12.1 Å². The number of hydrogen-bond donors (Lipinski definition) is 1. The highest BCUT2D eigenvalue weighted by molar-refractivity contribution is 5.38. The molecule has 0 aliphatic rings. The smallest absolute Gasteiger partial charge is 0.455 e. The summed E-state index contributed by atoms with van der Waals surface area (Å²) in [5.74, 6) is -4.43. The van der Waals surface area contributed by atoms with Gasteiger partial charge in [0.05, 0.1) is 7.11 Å². The molecule has 1 atom stereocenters. The third-order valence-electron chi connectivity index (χ3n) is 2.90. The second-order valence-corrected chi connectivity index (χ2v) is 4.34. The Kier molecular flexibility index (Phi) is 4.96. The van der Waals surface area contributed by atoms with Crippen molar-refractivity contribution in [2.75, 3.05) is 13.7 Å². The highest BCUT2D eigenvalue weighted by Gasteiger charge is 2.62. The number of methoxy groups -OCH3 is 1. The lowest BCUT2D eigenvalue weighted by Gasteiger charge is -2.29.